The molecule has 0 amide bonds. The monoisotopic (exact) mass is 295 g/mol. The molecule has 1 N–H and O–H groups in total. The molecule has 0 bridgehead atoms. The van der Waals surface area contributed by atoms with Gasteiger partial charge in [-0.2, -0.15) is 11.8 Å². The number of ether oxygens (including phenoxy) is 1. The molecule has 0 saturated carbocycles. The van der Waals surface area contributed by atoms with E-state index in [9.17, 15) is 0 Å². The highest BCUT2D eigenvalue weighted by molar-refractivity contribution is 7.99. The quantitative estimate of drug-likeness (QED) is 0.942. The first-order chi connectivity index (χ1) is 9.28. The molecular weight excluding hydrogens is 278 g/mol. The maximum Gasteiger partial charge on any atom is 0.162 e. The minimum atomic E-state index is 0.0305. The molecule has 2 aromatic rings. The standard InChI is InChI=1S/C13H17N3OS2/c1-3-14-11-9-6-8(2)19-13(9)16-12(15-11)10-7-18-5-4-17-10/h6,10H,3-5,7H2,1-2H3,(H,14,15,16). The van der Waals surface area contributed by atoms with Crippen LogP contribution in [0.2, 0.25) is 0 Å². The van der Waals surface area contributed by atoms with Crippen LogP contribution in [0.15, 0.2) is 6.07 Å². The number of nitrogens with one attached hydrogen (secondary N) is 1. The van der Waals surface area contributed by atoms with E-state index in [4.69, 9.17) is 9.72 Å². The maximum atomic E-state index is 5.78. The summed E-state index contributed by atoms with van der Waals surface area (Å²) in [6.07, 6.45) is 0.0305. The number of aryl methyl sites for hydroxylation is 1. The third-order valence-corrected chi connectivity index (χ3v) is 4.92. The molecule has 102 valence electrons. The molecule has 3 rings (SSSR count). The van der Waals surface area contributed by atoms with E-state index in [0.717, 1.165) is 46.5 Å². The zero-order chi connectivity index (χ0) is 13.2. The van der Waals surface area contributed by atoms with E-state index in [1.807, 2.05) is 11.8 Å². The third kappa shape index (κ3) is 2.70. The van der Waals surface area contributed by atoms with Gasteiger partial charge in [-0.25, -0.2) is 9.97 Å². The molecule has 4 nitrogen and oxygen atoms in total. The van der Waals surface area contributed by atoms with E-state index in [1.165, 1.54) is 4.88 Å². The van der Waals surface area contributed by atoms with Crippen LogP contribution in [0, 0.1) is 6.92 Å². The number of thioether (sulfide) groups is 1. The number of anilines is 1. The first-order valence-electron chi connectivity index (χ1n) is 6.49. The highest BCUT2D eigenvalue weighted by Crippen LogP contribution is 2.32. The van der Waals surface area contributed by atoms with Crippen LogP contribution in [0.25, 0.3) is 10.2 Å². The van der Waals surface area contributed by atoms with E-state index in [-0.39, 0.29) is 6.10 Å². The van der Waals surface area contributed by atoms with Crippen LogP contribution in [-0.4, -0.2) is 34.6 Å². The van der Waals surface area contributed by atoms with Gasteiger partial charge in [0.05, 0.1) is 12.0 Å². The van der Waals surface area contributed by atoms with Crippen molar-refractivity contribution in [1.29, 1.82) is 0 Å². The minimum absolute atomic E-state index is 0.0305. The lowest BCUT2D eigenvalue weighted by Gasteiger charge is -2.21. The van der Waals surface area contributed by atoms with Gasteiger partial charge in [0.1, 0.15) is 16.8 Å². The van der Waals surface area contributed by atoms with E-state index in [0.29, 0.717) is 0 Å². The van der Waals surface area contributed by atoms with Crippen molar-refractivity contribution >= 4 is 39.1 Å². The van der Waals surface area contributed by atoms with Crippen LogP contribution in [0.4, 0.5) is 5.82 Å². The summed E-state index contributed by atoms with van der Waals surface area (Å²) >= 11 is 3.62. The highest BCUT2D eigenvalue weighted by Gasteiger charge is 2.21. The van der Waals surface area contributed by atoms with Crippen LogP contribution < -0.4 is 5.32 Å². The molecule has 1 unspecified atom stereocenters. The number of rotatable bonds is 3. The zero-order valence-electron chi connectivity index (χ0n) is 11.1. The van der Waals surface area contributed by atoms with Gasteiger partial charge in [-0.15, -0.1) is 11.3 Å². The fourth-order valence-corrected chi connectivity index (χ4v) is 3.87. The summed E-state index contributed by atoms with van der Waals surface area (Å²) in [4.78, 5) is 11.7. The van der Waals surface area contributed by atoms with Crippen molar-refractivity contribution in [1.82, 2.24) is 9.97 Å². The number of fused-ring (bicyclic) bond motifs is 1. The van der Waals surface area contributed by atoms with Gasteiger partial charge in [0, 0.05) is 22.9 Å². The highest BCUT2D eigenvalue weighted by atomic mass is 32.2. The maximum absolute atomic E-state index is 5.78. The van der Waals surface area contributed by atoms with Gasteiger partial charge >= 0.3 is 0 Å². The third-order valence-electron chi connectivity index (χ3n) is 2.98. The van der Waals surface area contributed by atoms with Crippen molar-refractivity contribution in [2.45, 2.75) is 20.0 Å². The largest absolute Gasteiger partial charge is 0.370 e. The van der Waals surface area contributed by atoms with Crippen molar-refractivity contribution in [2.75, 3.05) is 30.0 Å². The van der Waals surface area contributed by atoms with E-state index < -0.39 is 0 Å². The SMILES string of the molecule is CCNc1nc(C2CSCCO2)nc2sc(C)cc12. The van der Waals surface area contributed by atoms with Crippen molar-refractivity contribution < 1.29 is 4.74 Å². The Hall–Kier alpha value is -0.850. The molecule has 1 aliphatic rings. The summed E-state index contributed by atoms with van der Waals surface area (Å²) in [5, 5.41) is 4.46. The summed E-state index contributed by atoms with van der Waals surface area (Å²) in [5.41, 5.74) is 0. The Morgan fingerprint density at radius 2 is 2.37 bits per heavy atom. The Bertz CT molecular complexity index is 579. The fourth-order valence-electron chi connectivity index (χ4n) is 2.14. The predicted molar refractivity (Wildman–Crippen MR) is 82.3 cm³/mol. The van der Waals surface area contributed by atoms with Crippen LogP contribution in [-0.2, 0) is 4.74 Å². The van der Waals surface area contributed by atoms with E-state index in [1.54, 1.807) is 11.3 Å². The summed E-state index contributed by atoms with van der Waals surface area (Å²) in [5.74, 6) is 3.77. The molecule has 0 spiro atoms. The second-order valence-corrected chi connectivity index (χ2v) is 6.86. The van der Waals surface area contributed by atoms with Crippen LogP contribution >= 0.6 is 23.1 Å². The van der Waals surface area contributed by atoms with Crippen LogP contribution in [0.1, 0.15) is 23.7 Å². The minimum Gasteiger partial charge on any atom is -0.370 e. The lowest BCUT2D eigenvalue weighted by Crippen LogP contribution is -2.18. The molecule has 1 saturated heterocycles. The second-order valence-electron chi connectivity index (χ2n) is 4.47. The number of nitrogens with zero attached hydrogens (tertiary/aromatic N) is 2. The Kier molecular flexibility index (Phi) is 3.91. The summed E-state index contributed by atoms with van der Waals surface area (Å²) < 4.78 is 5.78. The number of thiophene rings is 1. The lowest BCUT2D eigenvalue weighted by atomic mass is 10.3. The van der Waals surface area contributed by atoms with Gasteiger partial charge in [0.2, 0.25) is 0 Å². The van der Waals surface area contributed by atoms with Gasteiger partial charge in [-0.3, -0.25) is 0 Å². The second kappa shape index (κ2) is 5.64. The lowest BCUT2D eigenvalue weighted by molar-refractivity contribution is 0.0698. The van der Waals surface area contributed by atoms with Gasteiger partial charge in [0.15, 0.2) is 5.82 Å². The normalized spacial score (nSPS) is 19.8. The molecule has 2 aromatic heterocycles. The molecule has 19 heavy (non-hydrogen) atoms. The van der Waals surface area contributed by atoms with Crippen LogP contribution in [0.5, 0.6) is 0 Å². The summed E-state index contributed by atoms with van der Waals surface area (Å²) in [6.45, 7) is 5.84. The fraction of sp³-hybridized carbons (Fsp3) is 0.538. The van der Waals surface area contributed by atoms with Crippen molar-refractivity contribution in [2.24, 2.45) is 0 Å². The van der Waals surface area contributed by atoms with Crippen molar-refractivity contribution in [3.05, 3.63) is 16.8 Å². The average molecular weight is 295 g/mol. The van der Waals surface area contributed by atoms with Crippen molar-refractivity contribution in [3.8, 4) is 0 Å². The van der Waals surface area contributed by atoms with Crippen LogP contribution in [0.3, 0.4) is 0 Å². The molecule has 1 aliphatic heterocycles. The first kappa shape index (κ1) is 13.1. The average Bonchev–Trinajstić information content (AvgIpc) is 2.80. The van der Waals surface area contributed by atoms with E-state index in [2.05, 4.69) is 30.2 Å². The molecule has 0 radical (unpaired) electrons. The molecule has 1 atom stereocenters. The predicted octanol–water partition coefficient (Wildman–Crippen LogP) is 3.24. The van der Waals surface area contributed by atoms with Gasteiger partial charge < -0.3 is 10.1 Å². The molecule has 0 aromatic carbocycles. The number of hydrogen-bond donors (Lipinski definition) is 1. The topological polar surface area (TPSA) is 47.0 Å². The molecular formula is C13H17N3OS2. The Balaban J connectivity index is 2.04. The summed E-state index contributed by atoms with van der Waals surface area (Å²) in [7, 11) is 0. The van der Waals surface area contributed by atoms with Crippen molar-refractivity contribution in [3.63, 3.8) is 0 Å². The molecule has 1 fully saturated rings. The van der Waals surface area contributed by atoms with Gasteiger partial charge in [-0.1, -0.05) is 0 Å². The number of hydrogen-bond acceptors (Lipinski definition) is 6. The zero-order valence-corrected chi connectivity index (χ0v) is 12.7. The summed E-state index contributed by atoms with van der Waals surface area (Å²) in [6, 6.07) is 2.15. The molecule has 3 heterocycles. The Morgan fingerprint density at radius 1 is 1.47 bits per heavy atom. The molecule has 6 heteroatoms. The smallest absolute Gasteiger partial charge is 0.162 e. The first-order valence-corrected chi connectivity index (χ1v) is 8.46. The van der Waals surface area contributed by atoms with E-state index >= 15 is 0 Å². The number of aromatic nitrogens is 2. The van der Waals surface area contributed by atoms with Gasteiger partial charge in [-0.05, 0) is 19.9 Å². The molecule has 0 aliphatic carbocycles. The Morgan fingerprint density at radius 3 is 3.11 bits per heavy atom. The van der Waals surface area contributed by atoms with Gasteiger partial charge in [0.25, 0.3) is 0 Å². The Labute approximate surface area is 121 Å².